The van der Waals surface area contributed by atoms with Gasteiger partial charge in [-0.3, -0.25) is 0 Å². The first-order valence-corrected chi connectivity index (χ1v) is 5.55. The van der Waals surface area contributed by atoms with Crippen LogP contribution < -0.4 is 5.32 Å². The van der Waals surface area contributed by atoms with E-state index in [9.17, 15) is 0 Å². The SMILES string of the molecule is CC1=CNC(CCCl)(c2ccccc2)O1. The van der Waals surface area contributed by atoms with Gasteiger partial charge in [0.2, 0.25) is 5.72 Å². The van der Waals surface area contributed by atoms with Crippen molar-refractivity contribution in [3.8, 4) is 0 Å². The molecule has 1 aromatic rings. The molecule has 0 fully saturated rings. The fourth-order valence-electron chi connectivity index (χ4n) is 1.80. The molecule has 0 aromatic heterocycles. The predicted molar refractivity (Wildman–Crippen MR) is 61.4 cm³/mol. The second-order valence-corrected chi connectivity index (χ2v) is 4.01. The van der Waals surface area contributed by atoms with Crippen molar-refractivity contribution in [1.82, 2.24) is 5.32 Å². The number of hydrogen-bond acceptors (Lipinski definition) is 2. The van der Waals surface area contributed by atoms with Gasteiger partial charge in [-0.05, 0) is 6.92 Å². The lowest BCUT2D eigenvalue weighted by molar-refractivity contribution is 0.00122. The summed E-state index contributed by atoms with van der Waals surface area (Å²) in [6.45, 7) is 1.94. The van der Waals surface area contributed by atoms with E-state index in [0.717, 1.165) is 17.7 Å². The van der Waals surface area contributed by atoms with E-state index in [2.05, 4.69) is 5.32 Å². The Labute approximate surface area is 94.9 Å². The molecule has 0 saturated heterocycles. The highest BCUT2D eigenvalue weighted by atomic mass is 35.5. The van der Waals surface area contributed by atoms with Crippen LogP contribution in [0.4, 0.5) is 0 Å². The molecule has 0 amide bonds. The molecule has 80 valence electrons. The summed E-state index contributed by atoms with van der Waals surface area (Å²) in [5.74, 6) is 1.45. The molecule has 0 saturated carbocycles. The van der Waals surface area contributed by atoms with Crippen molar-refractivity contribution in [2.45, 2.75) is 19.1 Å². The number of halogens is 1. The zero-order chi connectivity index (χ0) is 10.7. The number of alkyl halides is 1. The van der Waals surface area contributed by atoms with Crippen LogP contribution in [0.25, 0.3) is 0 Å². The van der Waals surface area contributed by atoms with E-state index in [0.29, 0.717) is 5.88 Å². The summed E-state index contributed by atoms with van der Waals surface area (Å²) < 4.78 is 5.84. The van der Waals surface area contributed by atoms with E-state index < -0.39 is 5.72 Å². The van der Waals surface area contributed by atoms with Crippen LogP contribution in [0.3, 0.4) is 0 Å². The predicted octanol–water partition coefficient (Wildman–Crippen LogP) is 2.95. The largest absolute Gasteiger partial charge is 0.467 e. The highest BCUT2D eigenvalue weighted by Crippen LogP contribution is 2.33. The average Bonchev–Trinajstić information content (AvgIpc) is 2.63. The van der Waals surface area contributed by atoms with Gasteiger partial charge in [0, 0.05) is 24.1 Å². The van der Waals surface area contributed by atoms with E-state index in [1.807, 2.05) is 43.5 Å². The molecular weight excluding hydrogens is 210 g/mol. The summed E-state index contributed by atoms with van der Waals surface area (Å²) in [5, 5.41) is 3.27. The van der Waals surface area contributed by atoms with Crippen molar-refractivity contribution in [3.63, 3.8) is 0 Å². The second kappa shape index (κ2) is 4.15. The standard InChI is InChI=1S/C12H14ClNO/c1-10-9-14-12(15-10,7-8-13)11-5-3-2-4-6-11/h2-6,9,14H,7-8H2,1H3. The number of allylic oxidation sites excluding steroid dienone is 1. The molecule has 2 rings (SSSR count). The Morgan fingerprint density at radius 2 is 2.07 bits per heavy atom. The van der Waals surface area contributed by atoms with Gasteiger partial charge < -0.3 is 10.1 Å². The van der Waals surface area contributed by atoms with Crippen LogP contribution in [0.15, 0.2) is 42.3 Å². The minimum absolute atomic E-state index is 0.465. The Morgan fingerprint density at radius 3 is 2.60 bits per heavy atom. The van der Waals surface area contributed by atoms with E-state index in [-0.39, 0.29) is 0 Å². The molecule has 1 aliphatic rings. The van der Waals surface area contributed by atoms with Gasteiger partial charge in [-0.15, -0.1) is 11.6 Å². The fraction of sp³-hybridized carbons (Fsp3) is 0.333. The molecule has 3 heteroatoms. The molecule has 1 aromatic carbocycles. The van der Waals surface area contributed by atoms with Crippen LogP contribution in [0, 0.1) is 0 Å². The molecule has 0 aliphatic carbocycles. The lowest BCUT2D eigenvalue weighted by Crippen LogP contribution is -2.38. The van der Waals surface area contributed by atoms with Gasteiger partial charge in [-0.25, -0.2) is 0 Å². The third-order valence-electron chi connectivity index (χ3n) is 2.53. The second-order valence-electron chi connectivity index (χ2n) is 3.63. The van der Waals surface area contributed by atoms with E-state index in [1.54, 1.807) is 0 Å². The monoisotopic (exact) mass is 223 g/mol. The molecule has 15 heavy (non-hydrogen) atoms. The third kappa shape index (κ3) is 1.95. The first kappa shape index (κ1) is 10.4. The van der Waals surface area contributed by atoms with Gasteiger partial charge in [0.15, 0.2) is 0 Å². The maximum atomic E-state index is 5.84. The molecule has 0 bridgehead atoms. The summed E-state index contributed by atoms with van der Waals surface area (Å²) in [6.07, 6.45) is 2.63. The van der Waals surface area contributed by atoms with E-state index in [4.69, 9.17) is 16.3 Å². The fourth-order valence-corrected chi connectivity index (χ4v) is 2.07. The highest BCUT2D eigenvalue weighted by molar-refractivity contribution is 6.17. The topological polar surface area (TPSA) is 21.3 Å². The number of benzene rings is 1. The Morgan fingerprint density at radius 1 is 1.33 bits per heavy atom. The lowest BCUT2D eigenvalue weighted by Gasteiger charge is -2.29. The maximum absolute atomic E-state index is 5.84. The van der Waals surface area contributed by atoms with E-state index >= 15 is 0 Å². The Hall–Kier alpha value is -1.15. The number of hydrogen-bond donors (Lipinski definition) is 1. The van der Waals surface area contributed by atoms with Crippen LogP contribution in [0.2, 0.25) is 0 Å². The van der Waals surface area contributed by atoms with Crippen molar-refractivity contribution < 1.29 is 4.74 Å². The maximum Gasteiger partial charge on any atom is 0.207 e. The van der Waals surface area contributed by atoms with Gasteiger partial charge >= 0.3 is 0 Å². The first-order chi connectivity index (χ1) is 7.27. The van der Waals surface area contributed by atoms with Crippen molar-refractivity contribution in [3.05, 3.63) is 47.9 Å². The molecule has 0 spiro atoms. The zero-order valence-electron chi connectivity index (χ0n) is 8.66. The van der Waals surface area contributed by atoms with Crippen LogP contribution in [0.1, 0.15) is 18.9 Å². The minimum Gasteiger partial charge on any atom is -0.467 e. The first-order valence-electron chi connectivity index (χ1n) is 5.02. The summed E-state index contributed by atoms with van der Waals surface area (Å²) in [6, 6.07) is 10.1. The molecule has 1 aliphatic heterocycles. The van der Waals surface area contributed by atoms with Crippen molar-refractivity contribution in [2.24, 2.45) is 0 Å². The van der Waals surface area contributed by atoms with Gasteiger partial charge in [-0.1, -0.05) is 30.3 Å². The molecule has 1 N–H and O–H groups in total. The van der Waals surface area contributed by atoms with Gasteiger partial charge in [-0.2, -0.15) is 0 Å². The van der Waals surface area contributed by atoms with Crippen LogP contribution >= 0.6 is 11.6 Å². The van der Waals surface area contributed by atoms with Gasteiger partial charge in [0.05, 0.1) is 0 Å². The van der Waals surface area contributed by atoms with Crippen LogP contribution in [-0.2, 0) is 10.5 Å². The normalized spacial score (nSPS) is 24.3. The van der Waals surface area contributed by atoms with Gasteiger partial charge in [0.25, 0.3) is 0 Å². The summed E-state index contributed by atoms with van der Waals surface area (Å²) >= 11 is 5.83. The molecule has 1 atom stereocenters. The minimum atomic E-state index is -0.465. The molecule has 1 heterocycles. The number of ether oxygens (including phenoxy) is 1. The smallest absolute Gasteiger partial charge is 0.207 e. The Kier molecular flexibility index (Phi) is 2.87. The zero-order valence-corrected chi connectivity index (χ0v) is 9.42. The average molecular weight is 224 g/mol. The Bertz CT molecular complexity index is 363. The summed E-state index contributed by atoms with van der Waals surface area (Å²) in [4.78, 5) is 0. The summed E-state index contributed by atoms with van der Waals surface area (Å²) in [5.41, 5.74) is 0.645. The third-order valence-corrected chi connectivity index (χ3v) is 2.72. The molecular formula is C12H14ClNO. The van der Waals surface area contributed by atoms with Gasteiger partial charge in [0.1, 0.15) is 5.76 Å². The van der Waals surface area contributed by atoms with Crippen LogP contribution in [0.5, 0.6) is 0 Å². The highest BCUT2D eigenvalue weighted by Gasteiger charge is 2.36. The molecule has 0 radical (unpaired) electrons. The quantitative estimate of drug-likeness (QED) is 0.796. The molecule has 2 nitrogen and oxygen atoms in total. The Balaban J connectivity index is 2.29. The molecule has 1 unspecified atom stereocenters. The summed E-state index contributed by atoms with van der Waals surface area (Å²) in [7, 11) is 0. The van der Waals surface area contributed by atoms with Crippen molar-refractivity contribution >= 4 is 11.6 Å². The number of nitrogens with one attached hydrogen (secondary N) is 1. The van der Waals surface area contributed by atoms with Crippen molar-refractivity contribution in [2.75, 3.05) is 5.88 Å². The number of rotatable bonds is 3. The van der Waals surface area contributed by atoms with E-state index in [1.165, 1.54) is 0 Å². The lowest BCUT2D eigenvalue weighted by atomic mass is 10.0. The van der Waals surface area contributed by atoms with Crippen molar-refractivity contribution in [1.29, 1.82) is 0 Å². The van der Waals surface area contributed by atoms with Crippen LogP contribution in [-0.4, -0.2) is 5.88 Å².